The van der Waals surface area contributed by atoms with Crippen molar-refractivity contribution in [3.63, 3.8) is 0 Å². The van der Waals surface area contributed by atoms with Gasteiger partial charge in [-0.15, -0.1) is 0 Å². The van der Waals surface area contributed by atoms with E-state index in [-0.39, 0.29) is 24.0 Å². The molecule has 11 heteroatoms. The quantitative estimate of drug-likeness (QED) is 0.139. The molecule has 2 amide bonds. The summed E-state index contributed by atoms with van der Waals surface area (Å²) in [7, 11) is 5.29. The van der Waals surface area contributed by atoms with Crippen LogP contribution < -0.4 is 10.6 Å². The molecule has 2 saturated heterocycles. The molecule has 52 heavy (non-hydrogen) atoms. The molecule has 2 N–H and O–H groups in total. The lowest BCUT2D eigenvalue weighted by Gasteiger charge is -2.54. The van der Waals surface area contributed by atoms with Crippen molar-refractivity contribution in [1.82, 2.24) is 14.8 Å². The lowest BCUT2D eigenvalue weighted by molar-refractivity contribution is -0.179. The number of ether oxygens (including phenoxy) is 3. The van der Waals surface area contributed by atoms with Crippen LogP contribution in [0.2, 0.25) is 0 Å². The van der Waals surface area contributed by atoms with Crippen LogP contribution in [0.4, 0.5) is 10.6 Å². The van der Waals surface area contributed by atoms with Gasteiger partial charge in [0.25, 0.3) is 0 Å². The molecule has 2 aliphatic carbocycles. The van der Waals surface area contributed by atoms with E-state index < -0.39 is 0 Å². The maximum Gasteiger partial charge on any atom is 0.409 e. The van der Waals surface area contributed by atoms with Crippen molar-refractivity contribution in [3.05, 3.63) is 53.7 Å². The van der Waals surface area contributed by atoms with Gasteiger partial charge in [0, 0.05) is 69.4 Å². The fraction of sp³-hybridized carbons (Fsp3) is 0.659. The Morgan fingerprint density at radius 2 is 1.71 bits per heavy atom. The number of aromatic nitrogens is 1. The van der Waals surface area contributed by atoms with Crippen LogP contribution in [0.25, 0.3) is 5.57 Å². The van der Waals surface area contributed by atoms with Crippen molar-refractivity contribution in [2.45, 2.75) is 91.5 Å². The number of hydrogen-bond donors (Lipinski definition) is 1. The maximum absolute atomic E-state index is 14.0. The number of nitrogens with zero attached hydrogens (tertiary/aromatic N) is 5. The lowest BCUT2D eigenvalue weighted by atomic mass is 9.78. The number of carbonyl (C=O) groups excluding carboxylic acids is 2. The van der Waals surface area contributed by atoms with Crippen LogP contribution in [0.1, 0.15) is 91.0 Å². The minimum Gasteiger partial charge on any atom is -0.495 e. The molecule has 0 unspecified atom stereocenters. The minimum absolute atomic E-state index is 0.0909. The van der Waals surface area contributed by atoms with Crippen LogP contribution >= 0.6 is 0 Å². The molecule has 3 heterocycles. The molecule has 288 valence electrons. The van der Waals surface area contributed by atoms with Gasteiger partial charge < -0.3 is 29.7 Å². The van der Waals surface area contributed by atoms with Crippen LogP contribution in [0, 0.1) is 23.2 Å². The number of rotatable bonds is 12. The monoisotopic (exact) mass is 720 g/mol. The Morgan fingerprint density at radius 1 is 1.06 bits per heavy atom. The van der Waals surface area contributed by atoms with Crippen molar-refractivity contribution in [2.75, 3.05) is 65.6 Å². The molecule has 0 bridgehead atoms. The second-order valence-corrected chi connectivity index (χ2v) is 15.4. The van der Waals surface area contributed by atoms with Crippen LogP contribution in [-0.4, -0.2) is 99.7 Å². The first-order chi connectivity index (χ1) is 25.0. The summed E-state index contributed by atoms with van der Waals surface area (Å²) in [6.45, 7) is 13.2. The van der Waals surface area contributed by atoms with Gasteiger partial charge in [0.05, 0.1) is 38.5 Å². The van der Waals surface area contributed by atoms with Gasteiger partial charge in [0.15, 0.2) is 0 Å². The maximum atomic E-state index is 14.0. The molecule has 1 aromatic heterocycles. The topological polar surface area (TPSA) is 123 Å². The first-order valence-corrected chi connectivity index (χ1v) is 19.2. The largest absolute Gasteiger partial charge is 0.495 e. The Morgan fingerprint density at radius 3 is 2.25 bits per heavy atom. The van der Waals surface area contributed by atoms with Gasteiger partial charge in [-0.25, -0.2) is 9.78 Å². The predicted molar refractivity (Wildman–Crippen MR) is 209 cm³/mol. The fourth-order valence-electron chi connectivity index (χ4n) is 7.70. The Kier molecular flexibility index (Phi) is 15.6. The van der Waals surface area contributed by atoms with Crippen LogP contribution in [-0.2, 0) is 19.0 Å². The zero-order valence-electron chi connectivity index (χ0n) is 32.8. The average Bonchev–Trinajstić information content (AvgIpc) is 3.12. The standard InChI is InChI=1S/C34H53N5O2.C7H11NO3/c1-7-11-32(41-6)26(4)38(5)23-27-14-16-28(17-15-27)24-39(34(40)29-12-9-8-10-13-29)33-20-30(18-19-36-33)31(21-35)22-37-25(2)3;1-10-6(9)8-2-7(3-8)4-11-5-7/h7,11,18-22,25,27-29H,8-10,12-17,23-24,35H2,1-6H3;2-5H2,1H3/b11-7-,31-21+,32-26+,37-22?;. The highest BCUT2D eigenvalue weighted by Gasteiger charge is 2.51. The second kappa shape index (κ2) is 19.8. The van der Waals surface area contributed by atoms with Crippen LogP contribution in [0.15, 0.2) is 53.1 Å². The van der Waals surface area contributed by atoms with E-state index >= 15 is 0 Å². The molecule has 1 spiro atoms. The van der Waals surface area contributed by atoms with E-state index in [0.29, 0.717) is 17.3 Å². The second-order valence-electron chi connectivity index (χ2n) is 15.4. The summed E-state index contributed by atoms with van der Waals surface area (Å²) in [5.41, 5.74) is 9.21. The van der Waals surface area contributed by atoms with Crippen molar-refractivity contribution in [3.8, 4) is 0 Å². The van der Waals surface area contributed by atoms with Gasteiger partial charge in [-0.2, -0.15) is 0 Å². The number of likely N-dealkylation sites (tertiary alicyclic amines) is 1. The molecule has 2 saturated carbocycles. The zero-order chi connectivity index (χ0) is 37.7. The smallest absolute Gasteiger partial charge is 0.409 e. The summed E-state index contributed by atoms with van der Waals surface area (Å²) in [5, 5.41) is 0. The summed E-state index contributed by atoms with van der Waals surface area (Å²) >= 11 is 0. The Balaban J connectivity index is 0.000000462. The highest BCUT2D eigenvalue weighted by molar-refractivity contribution is 6.10. The number of hydrogen-bond acceptors (Lipinski definition) is 9. The molecule has 0 radical (unpaired) electrons. The van der Waals surface area contributed by atoms with Gasteiger partial charge in [-0.05, 0) is 102 Å². The van der Waals surface area contributed by atoms with E-state index in [1.165, 1.54) is 26.4 Å². The summed E-state index contributed by atoms with van der Waals surface area (Å²) in [5.74, 6) is 3.08. The molecule has 0 aromatic carbocycles. The molecule has 1 aromatic rings. The third-order valence-electron chi connectivity index (χ3n) is 11.0. The number of allylic oxidation sites excluding steroid dienone is 4. The van der Waals surface area contributed by atoms with Gasteiger partial charge >= 0.3 is 6.09 Å². The third-order valence-corrected chi connectivity index (χ3v) is 11.0. The van der Waals surface area contributed by atoms with Crippen molar-refractivity contribution >= 4 is 29.6 Å². The lowest BCUT2D eigenvalue weighted by Crippen LogP contribution is -2.67. The molecular weight excluding hydrogens is 656 g/mol. The van der Waals surface area contributed by atoms with E-state index in [9.17, 15) is 9.59 Å². The number of amides is 2. The van der Waals surface area contributed by atoms with E-state index in [0.717, 1.165) is 106 Å². The van der Waals surface area contributed by atoms with Gasteiger partial charge in [0.2, 0.25) is 5.91 Å². The van der Waals surface area contributed by atoms with Gasteiger partial charge in [-0.1, -0.05) is 25.3 Å². The third kappa shape index (κ3) is 11.1. The SMILES string of the molecule is C/C=C\C(OC)=C(\C)N(C)CC1CCC(CN(C(=O)C2CCCCC2)c2cc(/C(C=NC(C)C)=C/N)ccn2)CC1.COC(=O)N1CC2(COC2)C1. The van der Waals surface area contributed by atoms with E-state index in [2.05, 4.69) is 28.6 Å². The molecule has 11 nitrogen and oxygen atoms in total. The number of anilines is 1. The van der Waals surface area contributed by atoms with Gasteiger partial charge in [0.1, 0.15) is 11.6 Å². The first-order valence-electron chi connectivity index (χ1n) is 19.2. The van der Waals surface area contributed by atoms with Crippen molar-refractivity contribution in [2.24, 2.45) is 33.9 Å². The first kappa shape index (κ1) is 40.9. The number of nitrogens with two attached hydrogens (primary N) is 1. The van der Waals surface area contributed by atoms with Crippen LogP contribution in [0.3, 0.4) is 0 Å². The summed E-state index contributed by atoms with van der Waals surface area (Å²) < 4.78 is 15.2. The van der Waals surface area contributed by atoms with E-state index in [1.54, 1.807) is 24.4 Å². The highest BCUT2D eigenvalue weighted by Crippen LogP contribution is 2.38. The summed E-state index contributed by atoms with van der Waals surface area (Å²) in [6.07, 6.45) is 19.0. The minimum atomic E-state index is -0.220. The molecule has 5 rings (SSSR count). The fourth-order valence-corrected chi connectivity index (χ4v) is 7.70. The van der Waals surface area contributed by atoms with Gasteiger partial charge in [-0.3, -0.25) is 14.7 Å². The Hall–Kier alpha value is -3.86. The predicted octanol–water partition coefficient (Wildman–Crippen LogP) is 7.05. The number of methoxy groups -OCH3 is 2. The van der Waals surface area contributed by atoms with Crippen molar-refractivity contribution in [1.29, 1.82) is 0 Å². The summed E-state index contributed by atoms with van der Waals surface area (Å²) in [6, 6.07) is 4.14. The Bertz CT molecular complexity index is 1430. The molecule has 4 fully saturated rings. The molecule has 0 atom stereocenters. The van der Waals surface area contributed by atoms with E-state index in [1.807, 2.05) is 56.2 Å². The number of pyridine rings is 1. The molecular formula is C41H64N6O5. The number of carbonyl (C=O) groups is 2. The average molecular weight is 721 g/mol. The molecule has 2 aliphatic heterocycles. The normalized spacial score (nSPS) is 22.3. The van der Waals surface area contributed by atoms with Crippen molar-refractivity contribution < 1.29 is 23.8 Å². The number of aliphatic imine (C=N–C) groups is 1. The Labute approximate surface area is 312 Å². The zero-order valence-corrected chi connectivity index (χ0v) is 32.8. The molecule has 4 aliphatic rings. The van der Waals surface area contributed by atoms with Crippen LogP contribution in [0.5, 0.6) is 0 Å². The summed E-state index contributed by atoms with van der Waals surface area (Å²) in [4.78, 5) is 40.1. The highest BCUT2D eigenvalue weighted by atomic mass is 16.5. The van der Waals surface area contributed by atoms with E-state index in [4.69, 9.17) is 20.2 Å².